The van der Waals surface area contributed by atoms with Gasteiger partial charge in [-0.05, 0) is 12.1 Å². The van der Waals surface area contributed by atoms with Crippen LogP contribution in [0.4, 0.5) is 0 Å². The van der Waals surface area contributed by atoms with E-state index in [4.69, 9.17) is 14.2 Å². The van der Waals surface area contributed by atoms with Crippen molar-refractivity contribution in [2.24, 2.45) is 12.1 Å². The molecule has 0 saturated carbocycles. The van der Waals surface area contributed by atoms with Crippen LogP contribution in [0.15, 0.2) is 46.3 Å². The number of carbonyl (C=O) groups is 1. The standard InChI is InChI=1S/C20H20N4O5/c1-24-20(26)14-8-6-5-7-13(14)18(23-24)19(25)22-21-11-12-9-16(28-3)17(29-4)10-15(12)27-2/h5-11H,1-4H3,(H,22,25)/b21-11+. The number of carbonyl (C=O) groups excluding carboxylic acids is 1. The lowest BCUT2D eigenvalue weighted by atomic mass is 10.1. The number of aromatic nitrogens is 2. The van der Waals surface area contributed by atoms with Gasteiger partial charge in [0.1, 0.15) is 5.75 Å². The second-order valence-corrected chi connectivity index (χ2v) is 5.97. The molecule has 0 aliphatic rings. The Morgan fingerprint density at radius 2 is 1.66 bits per heavy atom. The van der Waals surface area contributed by atoms with E-state index in [0.717, 1.165) is 4.68 Å². The summed E-state index contributed by atoms with van der Waals surface area (Å²) in [5.41, 5.74) is 2.82. The van der Waals surface area contributed by atoms with E-state index < -0.39 is 5.91 Å². The number of hydrazone groups is 1. The summed E-state index contributed by atoms with van der Waals surface area (Å²) in [5.74, 6) is 0.942. The highest BCUT2D eigenvalue weighted by molar-refractivity contribution is 6.05. The second kappa shape index (κ2) is 8.42. The summed E-state index contributed by atoms with van der Waals surface area (Å²) in [6, 6.07) is 10.1. The normalized spacial score (nSPS) is 10.9. The number of nitrogens with zero attached hydrogens (tertiary/aromatic N) is 3. The summed E-state index contributed by atoms with van der Waals surface area (Å²) in [7, 11) is 6.04. The van der Waals surface area contributed by atoms with E-state index in [1.165, 1.54) is 34.6 Å². The van der Waals surface area contributed by atoms with Crippen molar-refractivity contribution in [3.8, 4) is 17.2 Å². The first-order chi connectivity index (χ1) is 14.0. The smallest absolute Gasteiger partial charge is 0.292 e. The van der Waals surface area contributed by atoms with Crippen LogP contribution in [0, 0.1) is 0 Å². The summed E-state index contributed by atoms with van der Waals surface area (Å²) in [6.45, 7) is 0. The summed E-state index contributed by atoms with van der Waals surface area (Å²) in [5, 5.41) is 8.91. The zero-order valence-electron chi connectivity index (χ0n) is 16.4. The molecule has 150 valence electrons. The molecule has 0 fully saturated rings. The summed E-state index contributed by atoms with van der Waals surface area (Å²) < 4.78 is 17.0. The summed E-state index contributed by atoms with van der Waals surface area (Å²) in [4.78, 5) is 24.8. The number of rotatable bonds is 6. The van der Waals surface area contributed by atoms with Gasteiger partial charge in [-0.15, -0.1) is 0 Å². The largest absolute Gasteiger partial charge is 0.496 e. The van der Waals surface area contributed by atoms with E-state index in [1.807, 2.05) is 0 Å². The van der Waals surface area contributed by atoms with Crippen LogP contribution >= 0.6 is 0 Å². The molecule has 0 unspecified atom stereocenters. The molecule has 3 rings (SSSR count). The molecule has 0 spiro atoms. The molecule has 1 amide bonds. The highest BCUT2D eigenvalue weighted by Gasteiger charge is 2.15. The first kappa shape index (κ1) is 19.9. The molecule has 0 atom stereocenters. The monoisotopic (exact) mass is 396 g/mol. The van der Waals surface area contributed by atoms with E-state index in [0.29, 0.717) is 33.6 Å². The predicted molar refractivity (Wildman–Crippen MR) is 108 cm³/mol. The summed E-state index contributed by atoms with van der Waals surface area (Å²) >= 11 is 0. The molecular weight excluding hydrogens is 376 g/mol. The lowest BCUT2D eigenvalue weighted by Gasteiger charge is -2.11. The molecule has 1 N–H and O–H groups in total. The third-order valence-corrected chi connectivity index (χ3v) is 4.28. The van der Waals surface area contributed by atoms with Gasteiger partial charge in [0.25, 0.3) is 11.5 Å². The molecule has 0 aliphatic heterocycles. The van der Waals surface area contributed by atoms with Crippen LogP contribution in [0.2, 0.25) is 0 Å². The minimum Gasteiger partial charge on any atom is -0.496 e. The van der Waals surface area contributed by atoms with Gasteiger partial charge in [-0.2, -0.15) is 10.2 Å². The first-order valence-corrected chi connectivity index (χ1v) is 8.59. The SMILES string of the molecule is COc1cc(OC)c(OC)cc1/C=N/NC(=O)c1nn(C)c(=O)c2ccccc12. The van der Waals surface area contributed by atoms with Crippen molar-refractivity contribution >= 4 is 22.9 Å². The van der Waals surface area contributed by atoms with Gasteiger partial charge in [0.2, 0.25) is 0 Å². The van der Waals surface area contributed by atoms with Crippen LogP contribution in [-0.4, -0.2) is 43.2 Å². The maximum atomic E-state index is 12.6. The Labute approximate surface area is 166 Å². The zero-order chi connectivity index (χ0) is 21.0. The van der Waals surface area contributed by atoms with E-state index in [2.05, 4.69) is 15.6 Å². The van der Waals surface area contributed by atoms with Gasteiger partial charge in [-0.25, -0.2) is 10.1 Å². The van der Waals surface area contributed by atoms with Gasteiger partial charge in [-0.3, -0.25) is 9.59 Å². The molecule has 1 heterocycles. The van der Waals surface area contributed by atoms with Gasteiger partial charge in [0, 0.05) is 24.1 Å². The Kier molecular flexibility index (Phi) is 5.77. The molecule has 0 saturated heterocycles. The molecule has 0 aliphatic carbocycles. The van der Waals surface area contributed by atoms with Gasteiger partial charge < -0.3 is 14.2 Å². The van der Waals surface area contributed by atoms with E-state index in [-0.39, 0.29) is 11.3 Å². The van der Waals surface area contributed by atoms with Crippen LogP contribution < -0.4 is 25.2 Å². The number of fused-ring (bicyclic) bond motifs is 1. The number of nitrogens with one attached hydrogen (secondary N) is 1. The fraction of sp³-hybridized carbons (Fsp3) is 0.200. The number of hydrogen-bond donors (Lipinski definition) is 1. The molecule has 9 nitrogen and oxygen atoms in total. The quantitative estimate of drug-likeness (QED) is 0.503. The lowest BCUT2D eigenvalue weighted by molar-refractivity contribution is 0.0950. The van der Waals surface area contributed by atoms with Gasteiger partial charge in [-0.1, -0.05) is 18.2 Å². The molecule has 0 bridgehead atoms. The number of benzene rings is 2. The number of methoxy groups -OCH3 is 3. The van der Waals surface area contributed by atoms with Gasteiger partial charge >= 0.3 is 0 Å². The third-order valence-electron chi connectivity index (χ3n) is 4.28. The van der Waals surface area contributed by atoms with Crippen molar-refractivity contribution in [1.82, 2.24) is 15.2 Å². The topological polar surface area (TPSA) is 104 Å². The van der Waals surface area contributed by atoms with E-state index in [9.17, 15) is 9.59 Å². The maximum absolute atomic E-state index is 12.6. The zero-order valence-corrected chi connectivity index (χ0v) is 16.4. The highest BCUT2D eigenvalue weighted by Crippen LogP contribution is 2.33. The molecule has 0 radical (unpaired) electrons. The van der Waals surface area contributed by atoms with Crippen molar-refractivity contribution in [1.29, 1.82) is 0 Å². The lowest BCUT2D eigenvalue weighted by Crippen LogP contribution is -2.27. The maximum Gasteiger partial charge on any atom is 0.292 e. The molecule has 2 aromatic carbocycles. The second-order valence-electron chi connectivity index (χ2n) is 5.97. The Balaban J connectivity index is 1.90. The van der Waals surface area contributed by atoms with Crippen molar-refractivity contribution in [3.63, 3.8) is 0 Å². The predicted octanol–water partition coefficient (Wildman–Crippen LogP) is 1.72. The number of hydrogen-bond acceptors (Lipinski definition) is 7. The van der Waals surface area contributed by atoms with Crippen molar-refractivity contribution in [3.05, 3.63) is 58.0 Å². The average molecular weight is 396 g/mol. The van der Waals surface area contributed by atoms with Crippen molar-refractivity contribution in [2.75, 3.05) is 21.3 Å². The van der Waals surface area contributed by atoms with Gasteiger partial charge in [0.05, 0.1) is 32.9 Å². The molecule has 1 aromatic heterocycles. The number of amides is 1. The van der Waals surface area contributed by atoms with Gasteiger partial charge in [0.15, 0.2) is 17.2 Å². The Morgan fingerprint density at radius 3 is 2.31 bits per heavy atom. The first-order valence-electron chi connectivity index (χ1n) is 8.59. The van der Waals surface area contributed by atoms with E-state index in [1.54, 1.807) is 36.4 Å². The summed E-state index contributed by atoms with van der Waals surface area (Å²) in [6.07, 6.45) is 1.42. The van der Waals surface area contributed by atoms with E-state index >= 15 is 0 Å². The number of aryl methyl sites for hydroxylation is 1. The van der Waals surface area contributed by atoms with Crippen molar-refractivity contribution in [2.45, 2.75) is 0 Å². The number of ether oxygens (including phenoxy) is 3. The average Bonchev–Trinajstić information content (AvgIpc) is 2.75. The molecule has 3 aromatic rings. The third kappa shape index (κ3) is 3.88. The molecule has 29 heavy (non-hydrogen) atoms. The fourth-order valence-electron chi connectivity index (χ4n) is 2.83. The fourth-order valence-corrected chi connectivity index (χ4v) is 2.83. The molecule has 9 heteroatoms. The van der Waals surface area contributed by atoms with Crippen LogP contribution in [0.25, 0.3) is 10.8 Å². The highest BCUT2D eigenvalue weighted by atomic mass is 16.5. The Bertz CT molecular complexity index is 1150. The van der Waals surface area contributed by atoms with Crippen LogP contribution in [0.1, 0.15) is 16.1 Å². The van der Waals surface area contributed by atoms with Crippen LogP contribution in [0.5, 0.6) is 17.2 Å². The van der Waals surface area contributed by atoms with Crippen LogP contribution in [-0.2, 0) is 7.05 Å². The van der Waals surface area contributed by atoms with Crippen LogP contribution in [0.3, 0.4) is 0 Å². The van der Waals surface area contributed by atoms with Crippen molar-refractivity contribution < 1.29 is 19.0 Å². The Hall–Kier alpha value is -3.88. The Morgan fingerprint density at radius 1 is 1.03 bits per heavy atom. The molecular formula is C20H20N4O5. The minimum atomic E-state index is -0.549. The minimum absolute atomic E-state index is 0.0964.